The average molecular weight is 505 g/mol. The largest absolute Gasteiger partial charge is 0.355 e. The molecule has 2 aliphatic rings. The number of aromatic nitrogens is 2. The summed E-state index contributed by atoms with van der Waals surface area (Å²) in [6.45, 7) is 6.63. The van der Waals surface area contributed by atoms with Crippen molar-refractivity contribution in [2.24, 2.45) is 11.8 Å². The van der Waals surface area contributed by atoms with Crippen molar-refractivity contribution >= 4 is 51.7 Å². The zero-order valence-corrected chi connectivity index (χ0v) is 21.5. The van der Waals surface area contributed by atoms with Crippen LogP contribution in [0.25, 0.3) is 11.7 Å². The number of thioether (sulfide) groups is 1. The van der Waals surface area contributed by atoms with Crippen LogP contribution in [-0.4, -0.2) is 44.1 Å². The Morgan fingerprint density at radius 3 is 2.51 bits per heavy atom. The van der Waals surface area contributed by atoms with E-state index < -0.39 is 0 Å². The predicted molar refractivity (Wildman–Crippen MR) is 147 cm³/mol. The number of piperidine rings is 1. The maximum absolute atomic E-state index is 13.6. The van der Waals surface area contributed by atoms with E-state index in [2.05, 4.69) is 18.7 Å². The van der Waals surface area contributed by atoms with Gasteiger partial charge in [0, 0.05) is 25.8 Å². The molecule has 5 rings (SSSR count). The SMILES string of the molecule is C[C@@H]1C[C@H](C)CN(c2nc3ccccn3c(=O)c2/C=C2/SC(=S)N(CCc3ccccc3)C2=O)C1. The van der Waals surface area contributed by atoms with Gasteiger partial charge in [0.25, 0.3) is 11.5 Å². The number of hydrogen-bond donors (Lipinski definition) is 0. The molecule has 0 bridgehead atoms. The third kappa shape index (κ3) is 4.90. The lowest BCUT2D eigenvalue weighted by molar-refractivity contribution is -0.122. The van der Waals surface area contributed by atoms with Gasteiger partial charge in [-0.15, -0.1) is 0 Å². The molecule has 2 aliphatic heterocycles. The van der Waals surface area contributed by atoms with Crippen LogP contribution in [-0.2, 0) is 11.2 Å². The molecule has 1 aromatic carbocycles. The van der Waals surface area contributed by atoms with Gasteiger partial charge in [-0.2, -0.15) is 0 Å². The Bertz CT molecular complexity index is 1360. The van der Waals surface area contributed by atoms with Gasteiger partial charge < -0.3 is 4.90 Å². The molecular formula is C27H28N4O2S2. The first kappa shape index (κ1) is 23.8. The maximum atomic E-state index is 13.6. The highest BCUT2D eigenvalue weighted by Gasteiger charge is 2.33. The highest BCUT2D eigenvalue weighted by molar-refractivity contribution is 8.26. The Labute approximate surface area is 214 Å². The summed E-state index contributed by atoms with van der Waals surface area (Å²) in [5.74, 6) is 1.49. The minimum Gasteiger partial charge on any atom is -0.355 e. The molecule has 3 aromatic rings. The van der Waals surface area contributed by atoms with Gasteiger partial charge >= 0.3 is 0 Å². The van der Waals surface area contributed by atoms with Crippen molar-refractivity contribution in [1.29, 1.82) is 0 Å². The van der Waals surface area contributed by atoms with Crippen LogP contribution in [0.3, 0.4) is 0 Å². The van der Waals surface area contributed by atoms with Gasteiger partial charge in [-0.1, -0.05) is 74.2 Å². The van der Waals surface area contributed by atoms with Crippen molar-refractivity contribution in [3.63, 3.8) is 0 Å². The van der Waals surface area contributed by atoms with E-state index in [0.717, 1.165) is 31.5 Å². The van der Waals surface area contributed by atoms with Crippen molar-refractivity contribution in [3.8, 4) is 0 Å². The zero-order valence-electron chi connectivity index (χ0n) is 19.9. The van der Waals surface area contributed by atoms with E-state index in [-0.39, 0.29) is 11.5 Å². The average Bonchev–Trinajstić information content (AvgIpc) is 3.11. The van der Waals surface area contributed by atoms with Crippen LogP contribution >= 0.6 is 24.0 Å². The summed E-state index contributed by atoms with van der Waals surface area (Å²) >= 11 is 6.80. The van der Waals surface area contributed by atoms with Crippen molar-refractivity contribution in [3.05, 3.63) is 81.1 Å². The third-order valence-corrected chi connectivity index (χ3v) is 7.91. The standard InChI is InChI=1S/C27H28N4O2S2/c1-18-14-19(2)17-29(16-18)24-21(25(32)30-12-7-6-10-23(30)28-24)15-22-26(33)31(27(34)35-22)13-11-20-8-4-3-5-9-20/h3-10,12,15,18-19H,11,13-14,16-17H2,1-2H3/b22-15+/t18-,19+. The van der Waals surface area contributed by atoms with E-state index in [0.29, 0.717) is 44.6 Å². The first-order valence-corrected chi connectivity index (χ1v) is 13.2. The van der Waals surface area contributed by atoms with Gasteiger partial charge in [-0.25, -0.2) is 4.98 Å². The van der Waals surface area contributed by atoms with Crippen LogP contribution in [0.1, 0.15) is 31.4 Å². The van der Waals surface area contributed by atoms with E-state index in [1.807, 2.05) is 48.5 Å². The van der Waals surface area contributed by atoms with E-state index >= 15 is 0 Å². The second-order valence-corrected chi connectivity index (χ2v) is 11.2. The predicted octanol–water partition coefficient (Wildman–Crippen LogP) is 4.62. The molecule has 1 amide bonds. The molecule has 180 valence electrons. The first-order valence-electron chi connectivity index (χ1n) is 12.0. The van der Waals surface area contributed by atoms with E-state index in [1.165, 1.54) is 11.8 Å². The van der Waals surface area contributed by atoms with E-state index in [4.69, 9.17) is 17.2 Å². The van der Waals surface area contributed by atoms with Crippen LogP contribution in [0, 0.1) is 11.8 Å². The number of anilines is 1. The zero-order chi connectivity index (χ0) is 24.5. The Balaban J connectivity index is 1.51. The molecule has 6 nitrogen and oxygen atoms in total. The summed E-state index contributed by atoms with van der Waals surface area (Å²) < 4.78 is 2.07. The van der Waals surface area contributed by atoms with Crippen molar-refractivity contribution < 1.29 is 4.79 Å². The van der Waals surface area contributed by atoms with Gasteiger partial charge in [-0.3, -0.25) is 18.9 Å². The Hall–Kier alpha value is -2.97. The van der Waals surface area contributed by atoms with Crippen LogP contribution in [0.4, 0.5) is 5.82 Å². The second kappa shape index (κ2) is 9.95. The van der Waals surface area contributed by atoms with Gasteiger partial charge in [0.2, 0.25) is 0 Å². The number of amides is 1. The summed E-state index contributed by atoms with van der Waals surface area (Å²) in [6, 6.07) is 15.6. The number of fused-ring (bicyclic) bond motifs is 1. The first-order chi connectivity index (χ1) is 16.9. The van der Waals surface area contributed by atoms with Gasteiger partial charge in [0.15, 0.2) is 0 Å². The Kier molecular flexibility index (Phi) is 6.75. The number of rotatable bonds is 5. The summed E-state index contributed by atoms with van der Waals surface area (Å²) in [6.07, 6.45) is 5.29. The summed E-state index contributed by atoms with van der Waals surface area (Å²) in [7, 11) is 0. The number of carbonyl (C=O) groups is 1. The third-order valence-electron chi connectivity index (χ3n) is 6.53. The number of thiocarbonyl (C=S) groups is 1. The lowest BCUT2D eigenvalue weighted by Crippen LogP contribution is -2.40. The molecule has 2 saturated heterocycles. The smallest absolute Gasteiger partial charge is 0.267 e. The summed E-state index contributed by atoms with van der Waals surface area (Å²) in [5.41, 5.74) is 2.02. The fourth-order valence-electron chi connectivity index (χ4n) is 5.00. The van der Waals surface area contributed by atoms with E-state index in [1.54, 1.807) is 21.6 Å². The highest BCUT2D eigenvalue weighted by atomic mass is 32.2. The van der Waals surface area contributed by atoms with Gasteiger partial charge in [0.05, 0.1) is 10.5 Å². The number of hydrogen-bond acceptors (Lipinski definition) is 6. The van der Waals surface area contributed by atoms with Gasteiger partial charge in [-0.05, 0) is 48.4 Å². The molecule has 2 aromatic heterocycles. The molecule has 0 saturated carbocycles. The normalized spacial score (nSPS) is 21.9. The molecule has 2 atom stereocenters. The molecular weight excluding hydrogens is 476 g/mol. The van der Waals surface area contributed by atoms with Crippen molar-refractivity contribution in [2.45, 2.75) is 26.7 Å². The van der Waals surface area contributed by atoms with Crippen molar-refractivity contribution in [2.75, 3.05) is 24.5 Å². The topological polar surface area (TPSA) is 57.9 Å². The molecule has 0 radical (unpaired) electrons. The lowest BCUT2D eigenvalue weighted by atomic mass is 9.91. The molecule has 4 heterocycles. The molecule has 8 heteroatoms. The quantitative estimate of drug-likeness (QED) is 0.373. The minimum absolute atomic E-state index is 0.153. The number of benzene rings is 1. The lowest BCUT2D eigenvalue weighted by Gasteiger charge is -2.36. The van der Waals surface area contributed by atoms with Crippen LogP contribution < -0.4 is 10.5 Å². The maximum Gasteiger partial charge on any atom is 0.267 e. The monoisotopic (exact) mass is 504 g/mol. The summed E-state index contributed by atoms with van der Waals surface area (Å²) in [5, 5.41) is 0. The molecule has 2 fully saturated rings. The highest BCUT2D eigenvalue weighted by Crippen LogP contribution is 2.34. The molecule has 35 heavy (non-hydrogen) atoms. The Morgan fingerprint density at radius 1 is 1.06 bits per heavy atom. The molecule has 0 spiro atoms. The van der Waals surface area contributed by atoms with Crippen molar-refractivity contribution in [1.82, 2.24) is 14.3 Å². The number of nitrogens with zero attached hydrogens (tertiary/aromatic N) is 4. The second-order valence-electron chi connectivity index (χ2n) is 9.50. The van der Waals surface area contributed by atoms with Crippen LogP contribution in [0.5, 0.6) is 0 Å². The summed E-state index contributed by atoms with van der Waals surface area (Å²) in [4.78, 5) is 36.1. The van der Waals surface area contributed by atoms with E-state index in [9.17, 15) is 9.59 Å². The fourth-order valence-corrected chi connectivity index (χ4v) is 6.29. The van der Waals surface area contributed by atoms with Crippen LogP contribution in [0.2, 0.25) is 0 Å². The molecule has 0 N–H and O–H groups in total. The fraction of sp³-hybridized carbons (Fsp3) is 0.333. The minimum atomic E-state index is -0.175. The molecule has 0 unspecified atom stereocenters. The number of pyridine rings is 1. The Morgan fingerprint density at radius 2 is 1.77 bits per heavy atom. The van der Waals surface area contributed by atoms with Crippen LogP contribution in [0.15, 0.2) is 64.4 Å². The number of carbonyl (C=O) groups excluding carboxylic acids is 1. The van der Waals surface area contributed by atoms with Gasteiger partial charge in [0.1, 0.15) is 15.8 Å². The molecule has 0 aliphatic carbocycles.